The first-order valence-electron chi connectivity index (χ1n) is 13.8. The number of nitrogens with one attached hydrogen (secondary N) is 1. The first-order valence-corrected chi connectivity index (χ1v) is 13.8. The van der Waals surface area contributed by atoms with Crippen molar-refractivity contribution in [2.75, 3.05) is 0 Å². The average Bonchev–Trinajstić information content (AvgIpc) is 3.40. The van der Waals surface area contributed by atoms with Gasteiger partial charge in [-0.2, -0.15) is 10.2 Å². The largest absolute Gasteiger partial charge is 0.346 e. The van der Waals surface area contributed by atoms with Crippen LogP contribution in [0.4, 0.5) is 0 Å². The third-order valence-corrected chi connectivity index (χ3v) is 6.90. The Balaban J connectivity index is 2.30. The van der Waals surface area contributed by atoms with Crippen LogP contribution in [0.15, 0.2) is 42.5 Å². The van der Waals surface area contributed by atoms with Gasteiger partial charge in [0, 0.05) is 33.0 Å². The summed E-state index contributed by atoms with van der Waals surface area (Å²) in [4.78, 5) is 14.4. The highest BCUT2D eigenvalue weighted by Crippen LogP contribution is 2.35. The highest BCUT2D eigenvalue weighted by Gasteiger charge is 2.37. The molecular formula is C32H49N5O. The van der Waals surface area contributed by atoms with E-state index < -0.39 is 6.17 Å². The average molecular weight is 520 g/mol. The summed E-state index contributed by atoms with van der Waals surface area (Å²) in [6, 6.07) is 14.2. The molecule has 208 valence electrons. The molecule has 0 aliphatic heterocycles. The summed E-state index contributed by atoms with van der Waals surface area (Å²) in [5.74, 6) is -0.135. The SMILES string of the molecule is C[C@H](NC(=O)C(n1nc(C(C)(C)C)cc1C(C)(C)C)n1nc(C(C)(C)C)cc1C(C)(C)C)c1ccccc1. The fourth-order valence-corrected chi connectivity index (χ4v) is 4.45. The maximum Gasteiger partial charge on any atom is 0.267 e. The van der Waals surface area contributed by atoms with Gasteiger partial charge in [0.2, 0.25) is 6.17 Å². The topological polar surface area (TPSA) is 64.7 Å². The summed E-state index contributed by atoms with van der Waals surface area (Å²) in [7, 11) is 0. The lowest BCUT2D eigenvalue weighted by Crippen LogP contribution is -2.42. The van der Waals surface area contributed by atoms with Gasteiger partial charge in [0.15, 0.2) is 0 Å². The van der Waals surface area contributed by atoms with E-state index in [4.69, 9.17) is 10.2 Å². The first kappa shape index (κ1) is 29.7. The maximum absolute atomic E-state index is 14.4. The Bertz CT molecular complexity index is 1180. The Morgan fingerprint density at radius 1 is 0.684 bits per heavy atom. The summed E-state index contributed by atoms with van der Waals surface area (Å²) in [5, 5.41) is 13.5. The molecule has 0 bridgehead atoms. The molecule has 0 fully saturated rings. The van der Waals surface area contributed by atoms with Crippen LogP contribution in [0.2, 0.25) is 0 Å². The zero-order chi connectivity index (χ0) is 28.8. The van der Waals surface area contributed by atoms with Crippen LogP contribution < -0.4 is 5.32 Å². The van der Waals surface area contributed by atoms with Gasteiger partial charge in [-0.25, -0.2) is 9.36 Å². The molecule has 38 heavy (non-hydrogen) atoms. The van der Waals surface area contributed by atoms with Crippen LogP contribution in [0, 0.1) is 0 Å². The van der Waals surface area contributed by atoms with Crippen molar-refractivity contribution in [2.24, 2.45) is 0 Å². The molecule has 1 N–H and O–H groups in total. The molecule has 0 saturated carbocycles. The zero-order valence-corrected chi connectivity index (χ0v) is 25.9. The molecule has 6 heteroatoms. The van der Waals surface area contributed by atoms with Gasteiger partial charge in [-0.1, -0.05) is 113 Å². The Morgan fingerprint density at radius 3 is 1.42 bits per heavy atom. The van der Waals surface area contributed by atoms with Gasteiger partial charge in [0.1, 0.15) is 0 Å². The van der Waals surface area contributed by atoms with E-state index in [2.05, 4.69) is 101 Å². The van der Waals surface area contributed by atoms with Crippen molar-refractivity contribution in [1.82, 2.24) is 24.9 Å². The molecule has 6 nitrogen and oxygen atoms in total. The van der Waals surface area contributed by atoms with Crippen molar-refractivity contribution < 1.29 is 4.79 Å². The number of carbonyl (C=O) groups is 1. The number of benzene rings is 1. The van der Waals surface area contributed by atoms with Gasteiger partial charge in [-0.3, -0.25) is 4.79 Å². The number of rotatable bonds is 5. The van der Waals surface area contributed by atoms with Crippen LogP contribution in [0.5, 0.6) is 0 Å². The normalized spacial score (nSPS) is 14.2. The van der Waals surface area contributed by atoms with Crippen LogP contribution >= 0.6 is 0 Å². The molecular weight excluding hydrogens is 470 g/mol. The quantitative estimate of drug-likeness (QED) is 0.388. The maximum atomic E-state index is 14.4. The highest BCUT2D eigenvalue weighted by atomic mass is 16.2. The molecule has 1 amide bonds. The fraction of sp³-hybridized carbons (Fsp3) is 0.594. The minimum absolute atomic E-state index is 0.135. The van der Waals surface area contributed by atoms with Crippen molar-refractivity contribution in [2.45, 2.75) is 124 Å². The lowest BCUT2D eigenvalue weighted by atomic mass is 9.87. The summed E-state index contributed by atoms with van der Waals surface area (Å²) in [6.07, 6.45) is -0.781. The zero-order valence-electron chi connectivity index (χ0n) is 25.9. The number of aromatic nitrogens is 4. The molecule has 3 aromatic rings. The van der Waals surface area contributed by atoms with Crippen molar-refractivity contribution in [3.8, 4) is 0 Å². The van der Waals surface area contributed by atoms with Crippen LogP contribution in [0.3, 0.4) is 0 Å². The van der Waals surface area contributed by atoms with Crippen LogP contribution in [0.25, 0.3) is 0 Å². The molecule has 3 rings (SSSR count). The second-order valence-electron chi connectivity index (χ2n) is 14.7. The lowest BCUT2D eigenvalue weighted by molar-refractivity contribution is -0.126. The van der Waals surface area contributed by atoms with E-state index in [1.807, 2.05) is 46.6 Å². The molecule has 0 saturated heterocycles. The molecule has 0 aliphatic carbocycles. The minimum Gasteiger partial charge on any atom is -0.346 e. The van der Waals surface area contributed by atoms with Crippen LogP contribution in [-0.2, 0) is 26.5 Å². The summed E-state index contributed by atoms with van der Waals surface area (Å²) in [5.41, 5.74) is 4.16. The predicted octanol–water partition coefficient (Wildman–Crippen LogP) is 7.19. The van der Waals surface area contributed by atoms with E-state index in [-0.39, 0.29) is 33.6 Å². The molecule has 0 radical (unpaired) electrons. The molecule has 1 aromatic carbocycles. The molecule has 0 spiro atoms. The summed E-state index contributed by atoms with van der Waals surface area (Å²) in [6.45, 7) is 28.0. The molecule has 1 atom stereocenters. The van der Waals surface area contributed by atoms with Crippen molar-refractivity contribution in [3.05, 3.63) is 70.8 Å². The number of nitrogens with zero attached hydrogens (tertiary/aromatic N) is 4. The minimum atomic E-state index is -0.781. The first-order chi connectivity index (χ1) is 17.2. The van der Waals surface area contributed by atoms with E-state index in [0.29, 0.717) is 0 Å². The van der Waals surface area contributed by atoms with Crippen molar-refractivity contribution in [3.63, 3.8) is 0 Å². The van der Waals surface area contributed by atoms with Gasteiger partial charge in [0.25, 0.3) is 5.91 Å². The summed E-state index contributed by atoms with van der Waals surface area (Å²) < 4.78 is 3.84. The Kier molecular flexibility index (Phi) is 7.82. The standard InChI is InChI=1S/C32H49N5O/c1-21(22-17-15-14-16-18-22)33-27(38)28(36-25(31(8,9)10)19-23(34-36)29(2,3)4)37-26(32(11,12)13)20-24(35-37)30(5,6)7/h14-21,28H,1-13H3,(H,33,38)/t21-/m0/s1. The number of hydrogen-bond acceptors (Lipinski definition) is 3. The highest BCUT2D eigenvalue weighted by molar-refractivity contribution is 5.81. The number of carbonyl (C=O) groups excluding carboxylic acids is 1. The molecule has 2 heterocycles. The Hall–Kier alpha value is -2.89. The third-order valence-electron chi connectivity index (χ3n) is 6.90. The van der Waals surface area contributed by atoms with E-state index >= 15 is 0 Å². The van der Waals surface area contributed by atoms with Gasteiger partial charge < -0.3 is 5.32 Å². The number of amides is 1. The predicted molar refractivity (Wildman–Crippen MR) is 157 cm³/mol. The van der Waals surface area contributed by atoms with Crippen LogP contribution in [-0.4, -0.2) is 25.5 Å². The molecule has 0 aliphatic rings. The monoisotopic (exact) mass is 519 g/mol. The van der Waals surface area contributed by atoms with Gasteiger partial charge in [-0.05, 0) is 24.6 Å². The third kappa shape index (κ3) is 6.39. The Labute approximate surface area is 230 Å². The van der Waals surface area contributed by atoms with Crippen molar-refractivity contribution in [1.29, 1.82) is 0 Å². The molecule has 2 aromatic heterocycles. The second-order valence-corrected chi connectivity index (χ2v) is 14.7. The Morgan fingerprint density at radius 2 is 1.08 bits per heavy atom. The van der Waals surface area contributed by atoms with E-state index in [1.165, 1.54) is 0 Å². The summed E-state index contributed by atoms with van der Waals surface area (Å²) >= 11 is 0. The lowest BCUT2D eigenvalue weighted by Gasteiger charge is -2.30. The van der Waals surface area contributed by atoms with Crippen molar-refractivity contribution >= 4 is 5.91 Å². The van der Waals surface area contributed by atoms with Crippen LogP contribution in [0.1, 0.15) is 131 Å². The van der Waals surface area contributed by atoms with E-state index in [9.17, 15) is 4.79 Å². The fourth-order valence-electron chi connectivity index (χ4n) is 4.45. The second kappa shape index (κ2) is 10.0. The smallest absolute Gasteiger partial charge is 0.267 e. The van der Waals surface area contributed by atoms with E-state index in [1.54, 1.807) is 0 Å². The van der Waals surface area contributed by atoms with Gasteiger partial charge in [0.05, 0.1) is 17.4 Å². The number of hydrogen-bond donors (Lipinski definition) is 1. The van der Waals surface area contributed by atoms with E-state index in [0.717, 1.165) is 28.3 Å². The molecule has 0 unspecified atom stereocenters. The van der Waals surface area contributed by atoms with Gasteiger partial charge in [-0.15, -0.1) is 0 Å². The van der Waals surface area contributed by atoms with Gasteiger partial charge >= 0.3 is 0 Å².